The largest absolute Gasteiger partial charge is 0.397 e. The van der Waals surface area contributed by atoms with Gasteiger partial charge in [0.15, 0.2) is 0 Å². The molecule has 2 aliphatic heterocycles. The SMILES string of the molecule is Cc1nnc2sc(C(=O)N3CCN(C4=NC=CC4)CC3)c(N)c2c1C. The van der Waals surface area contributed by atoms with Gasteiger partial charge in [-0.2, -0.15) is 5.10 Å². The molecule has 1 fully saturated rings. The van der Waals surface area contributed by atoms with E-state index in [0.717, 1.165) is 46.8 Å². The summed E-state index contributed by atoms with van der Waals surface area (Å²) >= 11 is 1.34. The second-order valence-corrected chi connectivity index (χ2v) is 7.35. The fourth-order valence-corrected chi connectivity index (χ4v) is 4.34. The second-order valence-electron chi connectivity index (χ2n) is 6.35. The first kappa shape index (κ1) is 16.0. The summed E-state index contributed by atoms with van der Waals surface area (Å²) in [5.41, 5.74) is 8.67. The molecular formula is C17H20N6OS. The number of piperazine rings is 1. The minimum absolute atomic E-state index is 0.0105. The minimum atomic E-state index is -0.0105. The Kier molecular flexibility index (Phi) is 3.91. The highest BCUT2D eigenvalue weighted by Gasteiger charge is 2.28. The molecule has 1 saturated heterocycles. The van der Waals surface area contributed by atoms with E-state index in [9.17, 15) is 4.79 Å². The molecule has 0 saturated carbocycles. The van der Waals surface area contributed by atoms with Crippen molar-refractivity contribution in [3.8, 4) is 0 Å². The van der Waals surface area contributed by atoms with Crippen LogP contribution in [-0.2, 0) is 0 Å². The van der Waals surface area contributed by atoms with Crippen LogP contribution in [0.4, 0.5) is 5.69 Å². The maximum absolute atomic E-state index is 13.0. The van der Waals surface area contributed by atoms with Crippen LogP contribution in [0.25, 0.3) is 10.2 Å². The van der Waals surface area contributed by atoms with Crippen LogP contribution in [0.2, 0.25) is 0 Å². The van der Waals surface area contributed by atoms with Crippen molar-refractivity contribution in [1.29, 1.82) is 0 Å². The normalized spacial score (nSPS) is 17.4. The van der Waals surface area contributed by atoms with Crippen molar-refractivity contribution in [3.63, 3.8) is 0 Å². The van der Waals surface area contributed by atoms with Crippen LogP contribution < -0.4 is 5.73 Å². The van der Waals surface area contributed by atoms with Crippen LogP contribution in [0.3, 0.4) is 0 Å². The van der Waals surface area contributed by atoms with Gasteiger partial charge < -0.3 is 15.5 Å². The first-order valence-corrected chi connectivity index (χ1v) is 9.15. The van der Waals surface area contributed by atoms with E-state index in [1.165, 1.54) is 11.3 Å². The summed E-state index contributed by atoms with van der Waals surface area (Å²) in [5.74, 6) is 1.08. The lowest BCUT2D eigenvalue weighted by molar-refractivity contribution is 0.0697. The highest BCUT2D eigenvalue weighted by atomic mass is 32.1. The number of anilines is 1. The predicted molar refractivity (Wildman–Crippen MR) is 100.0 cm³/mol. The van der Waals surface area contributed by atoms with Gasteiger partial charge in [0, 0.05) is 44.2 Å². The van der Waals surface area contributed by atoms with Crippen LogP contribution in [0.5, 0.6) is 0 Å². The molecule has 2 aromatic heterocycles. The molecular weight excluding hydrogens is 336 g/mol. The van der Waals surface area contributed by atoms with E-state index < -0.39 is 0 Å². The average Bonchev–Trinajstić information content (AvgIpc) is 3.26. The summed E-state index contributed by atoms with van der Waals surface area (Å²) in [6, 6.07) is 0. The van der Waals surface area contributed by atoms with Crippen molar-refractivity contribution in [2.75, 3.05) is 31.9 Å². The van der Waals surface area contributed by atoms with Gasteiger partial charge in [0.25, 0.3) is 5.91 Å². The van der Waals surface area contributed by atoms with Gasteiger partial charge in [-0.1, -0.05) is 6.08 Å². The van der Waals surface area contributed by atoms with Crippen molar-refractivity contribution < 1.29 is 4.79 Å². The molecule has 0 spiro atoms. The van der Waals surface area contributed by atoms with Crippen LogP contribution >= 0.6 is 11.3 Å². The number of amides is 1. The van der Waals surface area contributed by atoms with E-state index in [1.807, 2.05) is 24.9 Å². The number of amidine groups is 1. The Morgan fingerprint density at radius 3 is 2.64 bits per heavy atom. The minimum Gasteiger partial charge on any atom is -0.397 e. The number of nitrogens with zero attached hydrogens (tertiary/aromatic N) is 5. The summed E-state index contributed by atoms with van der Waals surface area (Å²) < 4.78 is 0. The molecule has 7 nitrogen and oxygen atoms in total. The number of nitrogen functional groups attached to an aromatic ring is 1. The zero-order valence-corrected chi connectivity index (χ0v) is 15.1. The number of hydrogen-bond donors (Lipinski definition) is 1. The highest BCUT2D eigenvalue weighted by molar-refractivity contribution is 7.21. The highest BCUT2D eigenvalue weighted by Crippen LogP contribution is 2.35. The Morgan fingerprint density at radius 1 is 1.20 bits per heavy atom. The Morgan fingerprint density at radius 2 is 1.96 bits per heavy atom. The van der Waals surface area contributed by atoms with Gasteiger partial charge in [0.05, 0.1) is 11.4 Å². The maximum atomic E-state index is 13.0. The van der Waals surface area contributed by atoms with Crippen molar-refractivity contribution >= 4 is 39.0 Å². The molecule has 0 unspecified atom stereocenters. The average molecular weight is 356 g/mol. The smallest absolute Gasteiger partial charge is 0.266 e. The van der Waals surface area contributed by atoms with Crippen LogP contribution in [-0.4, -0.2) is 57.9 Å². The Balaban J connectivity index is 1.55. The van der Waals surface area contributed by atoms with Crippen LogP contribution in [0, 0.1) is 13.8 Å². The molecule has 2 N–H and O–H groups in total. The van der Waals surface area contributed by atoms with Gasteiger partial charge in [0.1, 0.15) is 15.5 Å². The number of rotatable bonds is 1. The molecule has 4 heterocycles. The van der Waals surface area contributed by atoms with Crippen molar-refractivity contribution in [1.82, 2.24) is 20.0 Å². The van der Waals surface area contributed by atoms with E-state index in [-0.39, 0.29) is 5.91 Å². The first-order chi connectivity index (χ1) is 12.1. The molecule has 8 heteroatoms. The quantitative estimate of drug-likeness (QED) is 0.844. The number of hydrogen-bond acceptors (Lipinski definition) is 7. The van der Waals surface area contributed by atoms with E-state index in [0.29, 0.717) is 23.7 Å². The van der Waals surface area contributed by atoms with E-state index in [4.69, 9.17) is 5.73 Å². The van der Waals surface area contributed by atoms with Gasteiger partial charge in [-0.05, 0) is 19.4 Å². The molecule has 0 aliphatic carbocycles. The zero-order valence-electron chi connectivity index (χ0n) is 14.3. The fraction of sp³-hybridized carbons (Fsp3) is 0.412. The lowest BCUT2D eigenvalue weighted by Gasteiger charge is -2.35. The number of fused-ring (bicyclic) bond motifs is 1. The Bertz CT molecular complexity index is 907. The predicted octanol–water partition coefficient (Wildman–Crippen LogP) is 1.96. The number of carbonyl (C=O) groups excluding carboxylic acids is 1. The number of aryl methyl sites for hydroxylation is 2. The second kappa shape index (κ2) is 6.11. The van der Waals surface area contributed by atoms with Gasteiger partial charge in [-0.15, -0.1) is 16.4 Å². The number of aromatic nitrogens is 2. The Labute approximate surface area is 149 Å². The molecule has 25 heavy (non-hydrogen) atoms. The van der Waals surface area contributed by atoms with Gasteiger partial charge in [-0.3, -0.25) is 4.79 Å². The van der Waals surface area contributed by atoms with E-state index >= 15 is 0 Å². The standard InChI is InChI=1S/C17H20N6OS/c1-10-11(2)20-21-16-13(10)14(18)15(25-16)17(24)23-8-6-22(7-9-23)12-4-3-5-19-12/h3,5H,4,6-9,18H2,1-2H3. The Hall–Kier alpha value is -2.48. The number of thiophene rings is 1. The molecule has 130 valence electrons. The van der Waals surface area contributed by atoms with Gasteiger partial charge in [0.2, 0.25) is 0 Å². The molecule has 2 aromatic rings. The van der Waals surface area contributed by atoms with Crippen molar-refractivity contribution in [2.24, 2.45) is 4.99 Å². The van der Waals surface area contributed by atoms with Crippen molar-refractivity contribution in [2.45, 2.75) is 20.3 Å². The van der Waals surface area contributed by atoms with E-state index in [1.54, 1.807) is 0 Å². The van der Waals surface area contributed by atoms with Crippen molar-refractivity contribution in [3.05, 3.63) is 28.4 Å². The van der Waals surface area contributed by atoms with Crippen LogP contribution in [0.1, 0.15) is 27.3 Å². The zero-order chi connectivity index (χ0) is 17.6. The molecule has 0 radical (unpaired) electrons. The van der Waals surface area contributed by atoms with E-state index in [2.05, 4.69) is 26.2 Å². The molecule has 4 rings (SSSR count). The molecule has 2 aliphatic rings. The third kappa shape index (κ3) is 2.66. The number of aliphatic imine (C=N–C) groups is 1. The molecule has 0 aromatic carbocycles. The summed E-state index contributed by atoms with van der Waals surface area (Å²) in [5, 5.41) is 9.21. The lowest BCUT2D eigenvalue weighted by Crippen LogP contribution is -2.50. The molecule has 1 amide bonds. The lowest BCUT2D eigenvalue weighted by atomic mass is 10.1. The summed E-state index contributed by atoms with van der Waals surface area (Å²) in [6.07, 6.45) is 4.78. The first-order valence-electron chi connectivity index (χ1n) is 8.34. The van der Waals surface area contributed by atoms with Crippen LogP contribution in [0.15, 0.2) is 17.3 Å². The van der Waals surface area contributed by atoms with Gasteiger partial charge >= 0.3 is 0 Å². The maximum Gasteiger partial charge on any atom is 0.266 e. The number of carbonyl (C=O) groups is 1. The fourth-order valence-electron chi connectivity index (χ4n) is 3.27. The summed E-state index contributed by atoms with van der Waals surface area (Å²) in [4.78, 5) is 22.8. The third-order valence-corrected chi connectivity index (χ3v) is 5.97. The van der Waals surface area contributed by atoms with Gasteiger partial charge in [-0.25, -0.2) is 4.99 Å². The summed E-state index contributed by atoms with van der Waals surface area (Å²) in [7, 11) is 0. The number of nitrogens with two attached hydrogens (primary N) is 1. The monoisotopic (exact) mass is 356 g/mol. The molecule has 0 bridgehead atoms. The molecule has 0 atom stereocenters. The summed E-state index contributed by atoms with van der Waals surface area (Å²) in [6.45, 7) is 6.83. The third-order valence-electron chi connectivity index (χ3n) is 4.89. The topological polar surface area (TPSA) is 87.7 Å².